The lowest BCUT2D eigenvalue weighted by molar-refractivity contribution is 0.102. The number of rotatable bonds is 5. The molecule has 0 aliphatic rings. The maximum absolute atomic E-state index is 12.4. The molecule has 4 rings (SSSR count). The summed E-state index contributed by atoms with van der Waals surface area (Å²) in [5, 5.41) is 2.93. The summed E-state index contributed by atoms with van der Waals surface area (Å²) in [6, 6.07) is 18.9. The number of benzene rings is 2. The van der Waals surface area contributed by atoms with Gasteiger partial charge in [0.05, 0.1) is 5.69 Å². The van der Waals surface area contributed by atoms with Crippen LogP contribution in [0.25, 0.3) is 5.65 Å². The van der Waals surface area contributed by atoms with Gasteiger partial charge in [-0.3, -0.25) is 4.79 Å². The van der Waals surface area contributed by atoms with E-state index in [9.17, 15) is 4.79 Å². The first-order valence-corrected chi connectivity index (χ1v) is 9.12. The highest BCUT2D eigenvalue weighted by Crippen LogP contribution is 2.18. The topological polar surface area (TPSA) is 55.6 Å². The van der Waals surface area contributed by atoms with E-state index in [2.05, 4.69) is 10.3 Å². The predicted molar refractivity (Wildman–Crippen MR) is 110 cm³/mol. The van der Waals surface area contributed by atoms with Gasteiger partial charge in [0.25, 0.3) is 5.91 Å². The van der Waals surface area contributed by atoms with Gasteiger partial charge in [0, 0.05) is 23.6 Å². The van der Waals surface area contributed by atoms with Gasteiger partial charge in [0.2, 0.25) is 0 Å². The van der Waals surface area contributed by atoms with Crippen molar-refractivity contribution in [2.75, 3.05) is 5.32 Å². The number of imidazole rings is 1. The third-order valence-corrected chi connectivity index (χ3v) is 4.68. The van der Waals surface area contributed by atoms with Gasteiger partial charge in [-0.15, -0.1) is 0 Å². The van der Waals surface area contributed by atoms with Gasteiger partial charge < -0.3 is 14.5 Å². The lowest BCUT2D eigenvalue weighted by Crippen LogP contribution is -2.12. The van der Waals surface area contributed by atoms with E-state index in [4.69, 9.17) is 4.74 Å². The van der Waals surface area contributed by atoms with Gasteiger partial charge in [-0.2, -0.15) is 0 Å². The highest BCUT2D eigenvalue weighted by Gasteiger charge is 2.08. The van der Waals surface area contributed by atoms with Crippen LogP contribution in [0.5, 0.6) is 5.75 Å². The van der Waals surface area contributed by atoms with E-state index in [1.54, 1.807) is 24.3 Å². The molecule has 0 saturated carbocycles. The molecular weight excluding hydrogens is 350 g/mol. The van der Waals surface area contributed by atoms with Gasteiger partial charge in [-0.1, -0.05) is 12.1 Å². The molecule has 0 aliphatic carbocycles. The Labute approximate surface area is 163 Å². The second-order valence-corrected chi connectivity index (χ2v) is 6.76. The van der Waals surface area contributed by atoms with Crippen LogP contribution in [0, 0.1) is 13.8 Å². The number of fused-ring (bicyclic) bond motifs is 1. The second-order valence-electron chi connectivity index (χ2n) is 6.76. The van der Waals surface area contributed by atoms with Crippen LogP contribution in [0.1, 0.15) is 27.2 Å². The molecule has 5 heteroatoms. The van der Waals surface area contributed by atoms with Crippen molar-refractivity contribution in [3.63, 3.8) is 0 Å². The maximum Gasteiger partial charge on any atom is 0.255 e. The Hall–Kier alpha value is -3.60. The SMILES string of the molecule is Cc1ccc(NC(=O)c2ccc(OCc3cn4ccccc4n3)cc2)cc1C. The fourth-order valence-electron chi connectivity index (χ4n) is 2.94. The summed E-state index contributed by atoms with van der Waals surface area (Å²) in [5.41, 5.74) is 5.46. The number of anilines is 1. The molecule has 0 radical (unpaired) electrons. The van der Waals surface area contributed by atoms with Crippen LogP contribution in [-0.2, 0) is 6.61 Å². The van der Waals surface area contributed by atoms with Crippen LogP contribution in [0.4, 0.5) is 5.69 Å². The number of amides is 1. The zero-order chi connectivity index (χ0) is 19.5. The van der Waals surface area contributed by atoms with Crippen molar-refractivity contribution in [3.8, 4) is 5.75 Å². The van der Waals surface area contributed by atoms with Crippen LogP contribution in [0.15, 0.2) is 73.1 Å². The summed E-state index contributed by atoms with van der Waals surface area (Å²) in [6.07, 6.45) is 3.90. The van der Waals surface area contributed by atoms with Crippen LogP contribution in [-0.4, -0.2) is 15.3 Å². The maximum atomic E-state index is 12.4. The van der Waals surface area contributed by atoms with Gasteiger partial charge in [-0.25, -0.2) is 4.98 Å². The van der Waals surface area contributed by atoms with Crippen LogP contribution in [0.3, 0.4) is 0 Å². The first-order valence-electron chi connectivity index (χ1n) is 9.12. The number of carbonyl (C=O) groups is 1. The molecule has 0 bridgehead atoms. The molecule has 0 spiro atoms. The molecule has 1 amide bonds. The van der Waals surface area contributed by atoms with Gasteiger partial charge in [0.15, 0.2) is 0 Å². The normalized spacial score (nSPS) is 10.8. The number of nitrogens with zero attached hydrogens (tertiary/aromatic N) is 2. The van der Waals surface area contributed by atoms with Crippen molar-refractivity contribution >= 4 is 17.2 Å². The molecule has 2 aromatic heterocycles. The molecule has 1 N–H and O–H groups in total. The minimum atomic E-state index is -0.143. The van der Waals surface area contributed by atoms with E-state index in [0.29, 0.717) is 17.9 Å². The molecule has 28 heavy (non-hydrogen) atoms. The van der Waals surface area contributed by atoms with Crippen molar-refractivity contribution in [1.82, 2.24) is 9.38 Å². The summed E-state index contributed by atoms with van der Waals surface area (Å²) in [5.74, 6) is 0.551. The third kappa shape index (κ3) is 3.88. The number of hydrogen-bond donors (Lipinski definition) is 1. The average Bonchev–Trinajstić information content (AvgIpc) is 3.12. The first-order chi connectivity index (χ1) is 13.6. The number of carbonyl (C=O) groups excluding carboxylic acids is 1. The van der Waals surface area contributed by atoms with Crippen LogP contribution >= 0.6 is 0 Å². The van der Waals surface area contributed by atoms with E-state index >= 15 is 0 Å². The lowest BCUT2D eigenvalue weighted by atomic mass is 10.1. The van der Waals surface area contributed by atoms with Crippen molar-refractivity contribution in [1.29, 1.82) is 0 Å². The van der Waals surface area contributed by atoms with Crippen molar-refractivity contribution in [2.24, 2.45) is 0 Å². The Kier molecular flexibility index (Phi) is 4.81. The van der Waals surface area contributed by atoms with Crippen molar-refractivity contribution in [2.45, 2.75) is 20.5 Å². The minimum absolute atomic E-state index is 0.143. The summed E-state index contributed by atoms with van der Waals surface area (Å²) in [6.45, 7) is 4.45. The Morgan fingerprint density at radius 3 is 2.61 bits per heavy atom. The summed E-state index contributed by atoms with van der Waals surface area (Å²) >= 11 is 0. The number of hydrogen-bond acceptors (Lipinski definition) is 3. The fraction of sp³-hybridized carbons (Fsp3) is 0.130. The molecule has 2 heterocycles. The molecule has 0 fully saturated rings. The molecule has 0 atom stereocenters. The van der Waals surface area contributed by atoms with E-state index in [1.165, 1.54) is 5.56 Å². The van der Waals surface area contributed by atoms with Crippen LogP contribution in [0.2, 0.25) is 0 Å². The first kappa shape index (κ1) is 17.8. The van der Waals surface area contributed by atoms with E-state index in [-0.39, 0.29) is 5.91 Å². The molecule has 4 aromatic rings. The Morgan fingerprint density at radius 1 is 1.04 bits per heavy atom. The Balaban J connectivity index is 1.38. The molecule has 5 nitrogen and oxygen atoms in total. The zero-order valence-electron chi connectivity index (χ0n) is 15.8. The van der Waals surface area contributed by atoms with Gasteiger partial charge >= 0.3 is 0 Å². The van der Waals surface area contributed by atoms with Crippen molar-refractivity contribution < 1.29 is 9.53 Å². The molecular formula is C23H21N3O2. The van der Waals surface area contributed by atoms with Gasteiger partial charge in [-0.05, 0) is 73.5 Å². The summed E-state index contributed by atoms with van der Waals surface area (Å²) < 4.78 is 7.75. The summed E-state index contributed by atoms with van der Waals surface area (Å²) in [7, 11) is 0. The molecule has 0 aliphatic heterocycles. The standard InChI is InChI=1S/C23H21N3O2/c1-16-6-9-19(13-17(16)2)25-23(27)18-7-10-21(11-8-18)28-15-20-14-26-12-4-3-5-22(26)24-20/h3-14H,15H2,1-2H3,(H,25,27). The fourth-order valence-corrected chi connectivity index (χ4v) is 2.94. The lowest BCUT2D eigenvalue weighted by Gasteiger charge is -2.09. The quantitative estimate of drug-likeness (QED) is 0.549. The van der Waals surface area contributed by atoms with Gasteiger partial charge in [0.1, 0.15) is 18.0 Å². The number of pyridine rings is 1. The number of aromatic nitrogens is 2. The number of nitrogens with one attached hydrogen (secondary N) is 1. The molecule has 0 unspecified atom stereocenters. The Morgan fingerprint density at radius 2 is 1.86 bits per heavy atom. The highest BCUT2D eigenvalue weighted by molar-refractivity contribution is 6.04. The number of ether oxygens (including phenoxy) is 1. The largest absolute Gasteiger partial charge is 0.487 e. The summed E-state index contributed by atoms with van der Waals surface area (Å²) in [4.78, 5) is 16.9. The van der Waals surface area contributed by atoms with E-state index in [0.717, 1.165) is 22.6 Å². The van der Waals surface area contributed by atoms with Crippen molar-refractivity contribution in [3.05, 3.63) is 95.4 Å². The van der Waals surface area contributed by atoms with E-state index in [1.807, 2.05) is 67.0 Å². The van der Waals surface area contributed by atoms with E-state index < -0.39 is 0 Å². The molecule has 140 valence electrons. The smallest absolute Gasteiger partial charge is 0.255 e. The number of aryl methyl sites for hydroxylation is 2. The monoisotopic (exact) mass is 371 g/mol. The molecule has 2 aromatic carbocycles. The average molecular weight is 371 g/mol. The minimum Gasteiger partial charge on any atom is -0.487 e. The second kappa shape index (κ2) is 7.56. The zero-order valence-corrected chi connectivity index (χ0v) is 15.8. The predicted octanol–water partition coefficient (Wildman–Crippen LogP) is 4.78. The van der Waals surface area contributed by atoms with Crippen LogP contribution < -0.4 is 10.1 Å². The third-order valence-electron chi connectivity index (χ3n) is 4.68. The Bertz CT molecular complexity index is 1100. The highest BCUT2D eigenvalue weighted by atomic mass is 16.5. The molecule has 0 saturated heterocycles.